The molecule has 5 aromatic carbocycles. The Morgan fingerprint density at radius 1 is 0.771 bits per heavy atom. The van der Waals surface area contributed by atoms with Gasteiger partial charge in [-0.15, -0.1) is 0 Å². The molecule has 5 heteroatoms. The van der Waals surface area contributed by atoms with Crippen LogP contribution < -0.4 is 4.74 Å². The second-order valence-corrected chi connectivity index (χ2v) is 12.9. The molecule has 0 bridgehead atoms. The molecule has 0 spiro atoms. The zero-order chi connectivity index (χ0) is 33.5. The van der Waals surface area contributed by atoms with Crippen LogP contribution in [-0.2, 0) is 35.2 Å². The van der Waals surface area contributed by atoms with Gasteiger partial charge < -0.3 is 14.6 Å². The summed E-state index contributed by atoms with van der Waals surface area (Å²) in [5.41, 5.74) is 11.8. The highest BCUT2D eigenvalue weighted by Crippen LogP contribution is 2.38. The van der Waals surface area contributed by atoms with E-state index in [1.165, 1.54) is 51.6 Å². The Morgan fingerprint density at radius 3 is 2.06 bits per heavy atom. The molecule has 0 radical (unpaired) electrons. The van der Waals surface area contributed by atoms with Crippen molar-refractivity contribution in [3.63, 3.8) is 0 Å². The number of aryl methyl sites for hydroxylation is 2. The van der Waals surface area contributed by atoms with Gasteiger partial charge in [0.2, 0.25) is 0 Å². The Bertz CT molecular complexity index is 1800. The van der Waals surface area contributed by atoms with Gasteiger partial charge in [-0.3, -0.25) is 4.90 Å². The topological polar surface area (TPSA) is 59.0 Å². The number of hydrogen-bond acceptors (Lipinski definition) is 4. The van der Waals surface area contributed by atoms with Crippen molar-refractivity contribution in [2.45, 2.75) is 50.7 Å². The van der Waals surface area contributed by atoms with E-state index in [4.69, 9.17) is 9.47 Å². The largest absolute Gasteiger partial charge is 0.492 e. The monoisotopic (exact) mass is 639 g/mol. The normalized spacial score (nSPS) is 15.2. The number of likely N-dealkylation sites (N-methyl/N-ethyl adjacent to an activating group) is 1. The Labute approximate surface area is 284 Å². The molecular weight excluding hydrogens is 594 g/mol. The third-order valence-electron chi connectivity index (χ3n) is 9.74. The van der Waals surface area contributed by atoms with Crippen molar-refractivity contribution in [2.75, 3.05) is 27.3 Å². The molecular formula is C43H45NO4. The van der Waals surface area contributed by atoms with Crippen LogP contribution in [0.25, 0.3) is 0 Å². The van der Waals surface area contributed by atoms with Crippen LogP contribution in [0.1, 0.15) is 69.0 Å². The van der Waals surface area contributed by atoms with Gasteiger partial charge in [0.25, 0.3) is 0 Å². The van der Waals surface area contributed by atoms with Crippen molar-refractivity contribution in [1.82, 2.24) is 4.90 Å². The van der Waals surface area contributed by atoms with Gasteiger partial charge in [-0.25, -0.2) is 4.79 Å². The van der Waals surface area contributed by atoms with Gasteiger partial charge >= 0.3 is 5.97 Å². The fraction of sp³-hybridized carbons (Fsp3) is 0.279. The molecule has 6 rings (SSSR count). The second-order valence-electron chi connectivity index (χ2n) is 12.9. The smallest absolute Gasteiger partial charge is 0.333 e. The van der Waals surface area contributed by atoms with Crippen LogP contribution in [0.15, 0.2) is 121 Å². The van der Waals surface area contributed by atoms with Gasteiger partial charge in [0.1, 0.15) is 12.4 Å². The Balaban J connectivity index is 1.23. The van der Waals surface area contributed by atoms with Gasteiger partial charge in [0.15, 0.2) is 6.10 Å². The summed E-state index contributed by atoms with van der Waals surface area (Å²) in [5.74, 6) is 0.125. The van der Waals surface area contributed by atoms with Crippen molar-refractivity contribution in [2.24, 2.45) is 0 Å². The third-order valence-corrected chi connectivity index (χ3v) is 9.74. The molecule has 0 fully saturated rings. The summed E-state index contributed by atoms with van der Waals surface area (Å²) >= 11 is 0. The number of carboxylic acid groups (broad SMARTS) is 1. The molecule has 48 heavy (non-hydrogen) atoms. The highest BCUT2D eigenvalue weighted by atomic mass is 16.5. The molecule has 0 aromatic heterocycles. The Hall–Kier alpha value is -4.71. The predicted octanol–water partition coefficient (Wildman–Crippen LogP) is 8.27. The van der Waals surface area contributed by atoms with Gasteiger partial charge in [-0.2, -0.15) is 0 Å². The number of rotatable bonds is 13. The molecule has 5 aromatic rings. The van der Waals surface area contributed by atoms with Gasteiger partial charge in [0.05, 0.1) is 6.04 Å². The van der Waals surface area contributed by atoms with Crippen LogP contribution in [-0.4, -0.2) is 49.4 Å². The van der Waals surface area contributed by atoms with E-state index in [1.807, 2.05) is 24.3 Å². The minimum absolute atomic E-state index is 0.109. The molecule has 0 amide bonds. The lowest BCUT2D eigenvalue weighted by atomic mass is 9.87. The van der Waals surface area contributed by atoms with Crippen molar-refractivity contribution in [1.29, 1.82) is 0 Å². The van der Waals surface area contributed by atoms with E-state index in [0.29, 0.717) is 18.9 Å². The number of hydrogen-bond donors (Lipinski definition) is 1. The number of carboxylic acids is 1. The Kier molecular flexibility index (Phi) is 10.7. The molecule has 0 heterocycles. The van der Waals surface area contributed by atoms with E-state index in [2.05, 4.69) is 116 Å². The quantitative estimate of drug-likeness (QED) is 0.141. The van der Waals surface area contributed by atoms with E-state index in [0.717, 1.165) is 37.1 Å². The average molecular weight is 640 g/mol. The molecule has 0 saturated carbocycles. The lowest BCUT2D eigenvalue weighted by Crippen LogP contribution is -2.30. The fourth-order valence-corrected chi connectivity index (χ4v) is 6.95. The van der Waals surface area contributed by atoms with E-state index in [9.17, 15) is 9.90 Å². The predicted molar refractivity (Wildman–Crippen MR) is 192 cm³/mol. The summed E-state index contributed by atoms with van der Waals surface area (Å²) in [6, 6.07) is 43.4. The summed E-state index contributed by atoms with van der Waals surface area (Å²) in [5, 5.41) is 9.31. The zero-order valence-corrected chi connectivity index (χ0v) is 28.1. The number of methoxy groups -OCH3 is 1. The zero-order valence-electron chi connectivity index (χ0n) is 28.1. The maximum absolute atomic E-state index is 11.4. The number of carbonyl (C=O) groups is 1. The van der Waals surface area contributed by atoms with Gasteiger partial charge in [-0.05, 0) is 88.5 Å². The number of benzene rings is 5. The van der Waals surface area contributed by atoms with Crippen molar-refractivity contribution < 1.29 is 19.4 Å². The van der Waals surface area contributed by atoms with Crippen molar-refractivity contribution >= 4 is 5.97 Å². The highest BCUT2D eigenvalue weighted by Gasteiger charge is 2.28. The fourth-order valence-electron chi connectivity index (χ4n) is 6.95. The highest BCUT2D eigenvalue weighted by molar-refractivity contribution is 5.72. The van der Waals surface area contributed by atoms with Crippen molar-refractivity contribution in [3.8, 4) is 5.75 Å². The van der Waals surface area contributed by atoms with Crippen molar-refractivity contribution in [3.05, 3.63) is 171 Å². The number of aliphatic carboxylic acids is 1. The summed E-state index contributed by atoms with van der Waals surface area (Å²) in [7, 11) is 3.62. The average Bonchev–Trinajstić information content (AvgIpc) is 3.27. The van der Waals surface area contributed by atoms with Crippen LogP contribution in [0.2, 0.25) is 0 Å². The molecule has 0 saturated heterocycles. The molecule has 246 valence electrons. The second kappa shape index (κ2) is 15.5. The first-order valence-corrected chi connectivity index (χ1v) is 16.9. The standard InChI is InChI=1S/C43H45NO4/c1-30(34-12-8-5-9-13-34)35-19-23-40-37(29-35)18-17-36-27-33(26-31-10-6-4-7-11-31)16-22-39(36)42(40)44(2)24-25-48-38-20-14-32(15-21-38)28-41(47-3)43(45)46/h4-16,19-23,27,29-30,41-42H,17-18,24-26,28H2,1-3H3,(H,45,46). The van der Waals surface area contributed by atoms with Crippen LogP contribution in [0.4, 0.5) is 0 Å². The summed E-state index contributed by atoms with van der Waals surface area (Å²) in [4.78, 5) is 13.8. The summed E-state index contributed by atoms with van der Waals surface area (Å²) in [6.07, 6.45) is 2.39. The SMILES string of the molecule is COC(Cc1ccc(OCCN(C)C2c3ccc(Cc4ccccc4)cc3CCc3cc(C(C)c4ccccc4)ccc32)cc1)C(=O)O. The van der Waals surface area contributed by atoms with E-state index >= 15 is 0 Å². The lowest BCUT2D eigenvalue weighted by molar-refractivity contribution is -0.148. The molecule has 5 nitrogen and oxygen atoms in total. The molecule has 3 atom stereocenters. The first-order valence-electron chi connectivity index (χ1n) is 16.9. The van der Waals surface area contributed by atoms with Gasteiger partial charge in [0, 0.05) is 26.0 Å². The maximum Gasteiger partial charge on any atom is 0.333 e. The van der Waals surface area contributed by atoms with Crippen LogP contribution in [0.5, 0.6) is 5.75 Å². The van der Waals surface area contributed by atoms with Crippen LogP contribution in [0, 0.1) is 0 Å². The maximum atomic E-state index is 11.4. The first-order chi connectivity index (χ1) is 23.4. The third kappa shape index (κ3) is 7.87. The molecule has 1 aliphatic carbocycles. The van der Waals surface area contributed by atoms with E-state index in [-0.39, 0.29) is 6.04 Å². The number of fused-ring (bicyclic) bond motifs is 2. The molecule has 0 aliphatic heterocycles. The van der Waals surface area contributed by atoms with E-state index < -0.39 is 12.1 Å². The lowest BCUT2D eigenvalue weighted by Gasteiger charge is -2.31. The van der Waals surface area contributed by atoms with Crippen LogP contribution >= 0.6 is 0 Å². The minimum Gasteiger partial charge on any atom is -0.492 e. The summed E-state index contributed by atoms with van der Waals surface area (Å²) < 4.78 is 11.3. The Morgan fingerprint density at radius 2 is 1.40 bits per heavy atom. The molecule has 3 unspecified atom stereocenters. The number of nitrogens with zero attached hydrogens (tertiary/aromatic N) is 1. The molecule has 1 aliphatic rings. The first kappa shape index (κ1) is 33.2. The minimum atomic E-state index is -0.961. The summed E-state index contributed by atoms with van der Waals surface area (Å²) in [6.45, 7) is 3.57. The van der Waals surface area contributed by atoms with E-state index in [1.54, 1.807) is 0 Å². The van der Waals surface area contributed by atoms with Crippen LogP contribution in [0.3, 0.4) is 0 Å². The number of ether oxygens (including phenoxy) is 2. The van der Waals surface area contributed by atoms with Gasteiger partial charge in [-0.1, -0.05) is 116 Å². The molecule has 1 N–H and O–H groups in total.